The number of nitrogens with zero attached hydrogens (tertiary/aromatic N) is 1. The summed E-state index contributed by atoms with van der Waals surface area (Å²) >= 11 is 0. The molecule has 2 aromatic carbocycles. The standard InChI is InChI=1S/C23H24N4O4/c24-21(28)19(11-6-14-25-23(30)31-15-16-7-2-1-3-8-16)27-22(29)20-13-12-17-9-4-5-10-18(17)26-20/h1-5,7-10,12-13,19H,6,11,14-15H2,(H2,24,28)(H,25,30)(H,27,29). The molecule has 3 rings (SSSR count). The number of carbonyl (C=O) groups excluding carboxylic acids is 3. The zero-order chi connectivity index (χ0) is 22.1. The number of fused-ring (bicyclic) bond motifs is 1. The van der Waals surface area contributed by atoms with Crippen LogP contribution in [0.25, 0.3) is 10.9 Å². The van der Waals surface area contributed by atoms with Crippen molar-refractivity contribution in [3.05, 3.63) is 78.0 Å². The van der Waals surface area contributed by atoms with Crippen LogP contribution >= 0.6 is 0 Å². The van der Waals surface area contributed by atoms with Gasteiger partial charge in [-0.2, -0.15) is 0 Å². The largest absolute Gasteiger partial charge is 0.445 e. The molecule has 0 saturated heterocycles. The van der Waals surface area contributed by atoms with Gasteiger partial charge in [0.2, 0.25) is 5.91 Å². The summed E-state index contributed by atoms with van der Waals surface area (Å²) in [5, 5.41) is 6.14. The van der Waals surface area contributed by atoms with Gasteiger partial charge in [-0.3, -0.25) is 9.59 Å². The lowest BCUT2D eigenvalue weighted by Gasteiger charge is -2.15. The maximum atomic E-state index is 12.5. The number of nitrogens with two attached hydrogens (primary N) is 1. The first kappa shape index (κ1) is 21.8. The van der Waals surface area contributed by atoms with Gasteiger partial charge in [0.25, 0.3) is 5.91 Å². The van der Waals surface area contributed by atoms with Gasteiger partial charge in [-0.25, -0.2) is 9.78 Å². The van der Waals surface area contributed by atoms with Crippen molar-refractivity contribution in [2.24, 2.45) is 5.73 Å². The Hall–Kier alpha value is -3.94. The number of carbonyl (C=O) groups is 3. The van der Waals surface area contributed by atoms with E-state index in [1.165, 1.54) is 0 Å². The number of hydrogen-bond donors (Lipinski definition) is 3. The monoisotopic (exact) mass is 420 g/mol. The molecule has 0 fully saturated rings. The Morgan fingerprint density at radius 1 is 0.968 bits per heavy atom. The lowest BCUT2D eigenvalue weighted by atomic mass is 10.1. The molecule has 0 radical (unpaired) electrons. The van der Waals surface area contributed by atoms with Gasteiger partial charge in [-0.05, 0) is 30.5 Å². The van der Waals surface area contributed by atoms with Crippen molar-refractivity contribution in [3.63, 3.8) is 0 Å². The fourth-order valence-corrected chi connectivity index (χ4v) is 2.98. The van der Waals surface area contributed by atoms with E-state index in [1.807, 2.05) is 48.5 Å². The molecule has 0 aliphatic heterocycles. The van der Waals surface area contributed by atoms with Gasteiger partial charge >= 0.3 is 6.09 Å². The third-order valence-electron chi connectivity index (χ3n) is 4.63. The average molecular weight is 420 g/mol. The molecule has 3 amide bonds. The molecular formula is C23H24N4O4. The Kier molecular flexibility index (Phi) is 7.53. The molecule has 3 aromatic rings. The molecular weight excluding hydrogens is 396 g/mol. The molecule has 1 unspecified atom stereocenters. The zero-order valence-corrected chi connectivity index (χ0v) is 16.9. The molecule has 1 aromatic heterocycles. The number of amides is 3. The lowest BCUT2D eigenvalue weighted by Crippen LogP contribution is -2.45. The molecule has 160 valence electrons. The first-order chi connectivity index (χ1) is 15.0. The number of pyridine rings is 1. The number of rotatable bonds is 9. The Bertz CT molecular complexity index is 1060. The number of aromatic nitrogens is 1. The fourth-order valence-electron chi connectivity index (χ4n) is 2.98. The van der Waals surface area contributed by atoms with E-state index in [-0.39, 0.29) is 25.3 Å². The third-order valence-corrected chi connectivity index (χ3v) is 4.63. The van der Waals surface area contributed by atoms with Gasteiger partial charge in [0.15, 0.2) is 0 Å². The highest BCUT2D eigenvalue weighted by Crippen LogP contribution is 2.12. The second-order valence-electron chi connectivity index (χ2n) is 6.95. The summed E-state index contributed by atoms with van der Waals surface area (Å²) in [7, 11) is 0. The van der Waals surface area contributed by atoms with E-state index in [1.54, 1.807) is 18.2 Å². The van der Waals surface area contributed by atoms with Crippen molar-refractivity contribution in [1.29, 1.82) is 0 Å². The van der Waals surface area contributed by atoms with Crippen molar-refractivity contribution in [2.45, 2.75) is 25.5 Å². The quantitative estimate of drug-likeness (QED) is 0.459. The second-order valence-corrected chi connectivity index (χ2v) is 6.95. The van der Waals surface area contributed by atoms with E-state index in [0.717, 1.165) is 10.9 Å². The number of para-hydroxylation sites is 1. The Labute approximate surface area is 179 Å². The maximum absolute atomic E-state index is 12.5. The van der Waals surface area contributed by atoms with Crippen molar-refractivity contribution in [2.75, 3.05) is 6.54 Å². The summed E-state index contributed by atoms with van der Waals surface area (Å²) in [4.78, 5) is 40.3. The van der Waals surface area contributed by atoms with Crippen LogP contribution in [-0.4, -0.2) is 35.5 Å². The summed E-state index contributed by atoms with van der Waals surface area (Å²) in [6.45, 7) is 0.451. The second kappa shape index (κ2) is 10.7. The molecule has 1 heterocycles. The van der Waals surface area contributed by atoms with Gasteiger partial charge in [-0.15, -0.1) is 0 Å². The fraction of sp³-hybridized carbons (Fsp3) is 0.217. The van der Waals surface area contributed by atoms with Crippen LogP contribution in [0.2, 0.25) is 0 Å². The molecule has 31 heavy (non-hydrogen) atoms. The number of primary amides is 1. The highest BCUT2D eigenvalue weighted by Gasteiger charge is 2.19. The summed E-state index contributed by atoms with van der Waals surface area (Å²) in [5.41, 5.74) is 7.19. The van der Waals surface area contributed by atoms with Crippen molar-refractivity contribution < 1.29 is 19.1 Å². The van der Waals surface area contributed by atoms with Crippen LogP contribution in [0, 0.1) is 0 Å². The van der Waals surface area contributed by atoms with Crippen LogP contribution in [0.4, 0.5) is 4.79 Å². The number of alkyl carbamates (subject to hydrolysis) is 1. The summed E-state index contributed by atoms with van der Waals surface area (Å²) < 4.78 is 5.12. The van der Waals surface area contributed by atoms with Gasteiger partial charge in [-0.1, -0.05) is 54.6 Å². The third kappa shape index (κ3) is 6.53. The zero-order valence-electron chi connectivity index (χ0n) is 16.9. The van der Waals surface area contributed by atoms with Crippen molar-refractivity contribution >= 4 is 28.8 Å². The molecule has 4 N–H and O–H groups in total. The number of ether oxygens (including phenoxy) is 1. The molecule has 8 nitrogen and oxygen atoms in total. The van der Waals surface area contributed by atoms with Gasteiger partial charge in [0.05, 0.1) is 5.52 Å². The van der Waals surface area contributed by atoms with Crippen LogP contribution in [0.1, 0.15) is 28.9 Å². The van der Waals surface area contributed by atoms with Crippen molar-refractivity contribution in [1.82, 2.24) is 15.6 Å². The van der Waals surface area contributed by atoms with Gasteiger partial charge in [0, 0.05) is 11.9 Å². The summed E-state index contributed by atoms with van der Waals surface area (Å²) in [6.07, 6.45) is 0.150. The highest BCUT2D eigenvalue weighted by molar-refractivity contribution is 5.97. The van der Waals surface area contributed by atoms with E-state index in [0.29, 0.717) is 11.9 Å². The van der Waals surface area contributed by atoms with Crippen molar-refractivity contribution in [3.8, 4) is 0 Å². The summed E-state index contributed by atoms with van der Waals surface area (Å²) in [5.74, 6) is -1.13. The minimum absolute atomic E-state index is 0.172. The molecule has 0 spiro atoms. The molecule has 1 atom stereocenters. The highest BCUT2D eigenvalue weighted by atomic mass is 16.5. The van der Waals surface area contributed by atoms with Crippen LogP contribution < -0.4 is 16.4 Å². The van der Waals surface area contributed by atoms with E-state index < -0.39 is 23.9 Å². The molecule has 0 aliphatic carbocycles. The summed E-state index contributed by atoms with van der Waals surface area (Å²) in [6, 6.07) is 19.3. The Balaban J connectivity index is 1.44. The number of benzene rings is 2. The van der Waals surface area contributed by atoms with E-state index in [4.69, 9.17) is 10.5 Å². The lowest BCUT2D eigenvalue weighted by molar-refractivity contribution is -0.120. The predicted octanol–water partition coefficient (Wildman–Crippen LogP) is 2.53. The van der Waals surface area contributed by atoms with Crippen LogP contribution in [0.5, 0.6) is 0 Å². The normalized spacial score (nSPS) is 11.5. The number of hydrogen-bond acceptors (Lipinski definition) is 5. The number of nitrogens with one attached hydrogen (secondary N) is 2. The molecule has 0 saturated carbocycles. The topological polar surface area (TPSA) is 123 Å². The minimum Gasteiger partial charge on any atom is -0.445 e. The Morgan fingerprint density at radius 2 is 1.71 bits per heavy atom. The molecule has 0 aliphatic rings. The first-order valence-electron chi connectivity index (χ1n) is 9.93. The molecule has 8 heteroatoms. The van der Waals surface area contributed by atoms with Crippen LogP contribution in [0.15, 0.2) is 66.7 Å². The first-order valence-corrected chi connectivity index (χ1v) is 9.93. The van der Waals surface area contributed by atoms with E-state index >= 15 is 0 Å². The molecule has 0 bridgehead atoms. The van der Waals surface area contributed by atoms with E-state index in [2.05, 4.69) is 15.6 Å². The Morgan fingerprint density at radius 3 is 2.48 bits per heavy atom. The predicted molar refractivity (Wildman–Crippen MR) is 116 cm³/mol. The van der Waals surface area contributed by atoms with Gasteiger partial charge < -0.3 is 21.1 Å². The SMILES string of the molecule is NC(=O)C(CCCNC(=O)OCc1ccccc1)NC(=O)c1ccc2ccccc2n1. The smallest absolute Gasteiger partial charge is 0.407 e. The van der Waals surface area contributed by atoms with E-state index in [9.17, 15) is 14.4 Å². The van der Waals surface area contributed by atoms with Crippen LogP contribution in [-0.2, 0) is 16.1 Å². The minimum atomic E-state index is -0.872. The average Bonchev–Trinajstić information content (AvgIpc) is 2.79. The van der Waals surface area contributed by atoms with Crippen LogP contribution in [0.3, 0.4) is 0 Å². The maximum Gasteiger partial charge on any atom is 0.407 e. The van der Waals surface area contributed by atoms with Gasteiger partial charge in [0.1, 0.15) is 18.3 Å².